The number of hydrogen-bond acceptors (Lipinski definition) is 7. The molecule has 8 nitrogen and oxygen atoms in total. The first kappa shape index (κ1) is 22.2. The van der Waals surface area contributed by atoms with E-state index in [0.29, 0.717) is 24.1 Å². The second kappa shape index (κ2) is 8.84. The largest absolute Gasteiger partial charge is 0.356 e. The molecule has 170 valence electrons. The highest BCUT2D eigenvalue weighted by atomic mass is 16.5. The number of hydrogen-bond donors (Lipinski definition) is 1. The molecule has 1 fully saturated rings. The molecule has 0 unspecified atom stereocenters. The van der Waals surface area contributed by atoms with Gasteiger partial charge in [-0.05, 0) is 45.4 Å². The Morgan fingerprint density at radius 2 is 1.75 bits per heavy atom. The summed E-state index contributed by atoms with van der Waals surface area (Å²) in [5, 5.41) is 10.8. The molecule has 0 saturated heterocycles. The van der Waals surface area contributed by atoms with Gasteiger partial charge in [0.05, 0.1) is 22.6 Å². The van der Waals surface area contributed by atoms with Crippen LogP contribution in [0.4, 0.5) is 0 Å². The third-order valence-corrected chi connectivity index (χ3v) is 6.02. The smallest absolute Gasteiger partial charge is 0.289 e. The lowest BCUT2D eigenvalue weighted by Crippen LogP contribution is -2.31. The Bertz CT molecular complexity index is 1090. The van der Waals surface area contributed by atoms with Crippen LogP contribution in [0.1, 0.15) is 85.8 Å². The zero-order chi connectivity index (χ0) is 22.9. The van der Waals surface area contributed by atoms with Crippen molar-refractivity contribution >= 4 is 5.91 Å². The molecule has 1 amide bonds. The Morgan fingerprint density at radius 1 is 1.06 bits per heavy atom. The number of amides is 1. The van der Waals surface area contributed by atoms with Crippen LogP contribution in [0.15, 0.2) is 27.4 Å². The Hall–Kier alpha value is -3.03. The molecule has 0 bridgehead atoms. The average Bonchev–Trinajstić information content (AvgIpc) is 3.39. The fourth-order valence-electron chi connectivity index (χ4n) is 4.18. The Kier molecular flexibility index (Phi) is 6.13. The zero-order valence-corrected chi connectivity index (χ0v) is 19.4. The molecule has 1 N–H and O–H groups in total. The molecular weight excluding hydrogens is 406 g/mol. The van der Waals surface area contributed by atoms with E-state index in [1.54, 1.807) is 13.0 Å². The molecule has 0 aliphatic heterocycles. The van der Waals surface area contributed by atoms with Gasteiger partial charge in [0.15, 0.2) is 5.76 Å². The number of nitrogens with zero attached hydrogens (tertiary/aromatic N) is 4. The molecule has 0 spiro atoms. The van der Waals surface area contributed by atoms with Gasteiger partial charge >= 0.3 is 0 Å². The third kappa shape index (κ3) is 4.89. The van der Waals surface area contributed by atoms with Crippen molar-refractivity contribution in [2.75, 3.05) is 6.54 Å². The van der Waals surface area contributed by atoms with Crippen LogP contribution in [-0.2, 0) is 5.41 Å². The molecule has 0 aromatic carbocycles. The zero-order valence-electron chi connectivity index (χ0n) is 19.4. The summed E-state index contributed by atoms with van der Waals surface area (Å²) in [6.07, 6.45) is 5.92. The van der Waals surface area contributed by atoms with Crippen molar-refractivity contribution in [1.82, 2.24) is 25.6 Å². The van der Waals surface area contributed by atoms with Gasteiger partial charge in [-0.2, -0.15) is 0 Å². The van der Waals surface area contributed by atoms with Gasteiger partial charge in [0.25, 0.3) is 5.91 Å². The van der Waals surface area contributed by atoms with Gasteiger partial charge in [-0.3, -0.25) is 4.79 Å². The summed E-state index contributed by atoms with van der Waals surface area (Å²) in [5.41, 5.74) is 3.38. The monoisotopic (exact) mass is 437 g/mol. The first-order valence-corrected chi connectivity index (χ1v) is 11.2. The molecular formula is C24H31N5O3. The quantitative estimate of drug-likeness (QED) is 0.614. The lowest BCUT2D eigenvalue weighted by atomic mass is 9.79. The molecule has 1 aliphatic rings. The second-order valence-electron chi connectivity index (χ2n) is 9.84. The Balaban J connectivity index is 1.45. The molecule has 4 rings (SSSR count). The maximum Gasteiger partial charge on any atom is 0.289 e. The Morgan fingerprint density at radius 3 is 2.34 bits per heavy atom. The van der Waals surface area contributed by atoms with E-state index in [4.69, 9.17) is 14.0 Å². The van der Waals surface area contributed by atoms with Crippen LogP contribution in [0.3, 0.4) is 0 Å². The number of carbonyl (C=O) groups excluding carboxylic acids is 1. The van der Waals surface area contributed by atoms with Gasteiger partial charge in [-0.15, -0.1) is 0 Å². The summed E-state index contributed by atoms with van der Waals surface area (Å²) in [6, 6.07) is 3.59. The number of carbonyl (C=O) groups is 1. The van der Waals surface area contributed by atoms with Crippen molar-refractivity contribution < 1.29 is 13.8 Å². The molecule has 8 heteroatoms. The lowest BCUT2D eigenvalue weighted by molar-refractivity contribution is 0.0905. The van der Waals surface area contributed by atoms with E-state index in [2.05, 4.69) is 41.4 Å². The van der Waals surface area contributed by atoms with Crippen LogP contribution in [0, 0.1) is 19.8 Å². The number of rotatable bonds is 5. The maximum atomic E-state index is 12.2. The highest BCUT2D eigenvalue weighted by molar-refractivity contribution is 5.91. The molecule has 3 aromatic rings. The van der Waals surface area contributed by atoms with Gasteiger partial charge in [-0.1, -0.05) is 31.1 Å². The van der Waals surface area contributed by atoms with Crippen molar-refractivity contribution in [2.45, 2.75) is 71.6 Å². The van der Waals surface area contributed by atoms with Gasteiger partial charge in [0, 0.05) is 36.2 Å². The summed E-state index contributed by atoms with van der Waals surface area (Å²) in [7, 11) is 0. The first-order valence-electron chi connectivity index (χ1n) is 11.2. The summed E-state index contributed by atoms with van der Waals surface area (Å²) in [6.45, 7) is 10.7. The molecule has 3 aromatic heterocycles. The minimum atomic E-state index is -0.207. The van der Waals surface area contributed by atoms with Crippen molar-refractivity contribution in [2.24, 2.45) is 5.92 Å². The third-order valence-electron chi connectivity index (χ3n) is 6.02. The fourth-order valence-corrected chi connectivity index (χ4v) is 4.18. The summed E-state index contributed by atoms with van der Waals surface area (Å²) in [5.74, 6) is 2.36. The van der Waals surface area contributed by atoms with Crippen LogP contribution in [0.25, 0.3) is 11.3 Å². The first-order chi connectivity index (χ1) is 15.2. The van der Waals surface area contributed by atoms with E-state index >= 15 is 0 Å². The van der Waals surface area contributed by atoms with Crippen molar-refractivity contribution in [3.05, 3.63) is 47.0 Å². The van der Waals surface area contributed by atoms with E-state index in [9.17, 15) is 4.79 Å². The van der Waals surface area contributed by atoms with Crippen LogP contribution in [0.2, 0.25) is 0 Å². The predicted octanol–water partition coefficient (Wildman–Crippen LogP) is 4.74. The summed E-state index contributed by atoms with van der Waals surface area (Å²) >= 11 is 0. The number of aryl methyl sites for hydroxylation is 2. The van der Waals surface area contributed by atoms with Gasteiger partial charge in [0.1, 0.15) is 5.82 Å². The highest BCUT2D eigenvalue weighted by Gasteiger charge is 2.29. The number of aromatic nitrogens is 4. The highest BCUT2D eigenvalue weighted by Crippen LogP contribution is 2.39. The molecule has 1 saturated carbocycles. The molecule has 0 radical (unpaired) electrons. The number of nitrogens with one attached hydrogen (secondary N) is 1. The van der Waals surface area contributed by atoms with Crippen LogP contribution >= 0.6 is 0 Å². The standard InChI is InChI=1S/C24H31N5O3/c1-14-10-19(31-28-14)18-13-26-23(24(3,4)5)27-21(18)17-8-6-16(7-9-17)12-25-22(30)20-11-15(2)29-32-20/h10-11,13,16-17H,6-9,12H2,1-5H3,(H,25,30). The van der Waals surface area contributed by atoms with E-state index in [0.717, 1.165) is 54.2 Å². The van der Waals surface area contributed by atoms with E-state index in [-0.39, 0.29) is 17.1 Å². The van der Waals surface area contributed by atoms with Crippen LogP contribution < -0.4 is 5.32 Å². The molecule has 0 atom stereocenters. The topological polar surface area (TPSA) is 107 Å². The minimum absolute atomic E-state index is 0.134. The predicted molar refractivity (Wildman–Crippen MR) is 119 cm³/mol. The van der Waals surface area contributed by atoms with Crippen molar-refractivity contribution in [3.63, 3.8) is 0 Å². The second-order valence-corrected chi connectivity index (χ2v) is 9.84. The maximum absolute atomic E-state index is 12.2. The van der Waals surface area contributed by atoms with E-state index < -0.39 is 0 Å². The normalized spacial score (nSPS) is 19.2. The minimum Gasteiger partial charge on any atom is -0.356 e. The fraction of sp³-hybridized carbons (Fsp3) is 0.542. The summed E-state index contributed by atoms with van der Waals surface area (Å²) in [4.78, 5) is 21.9. The molecule has 3 heterocycles. The van der Waals surface area contributed by atoms with Gasteiger partial charge in [0.2, 0.25) is 5.76 Å². The van der Waals surface area contributed by atoms with Gasteiger partial charge < -0.3 is 14.4 Å². The van der Waals surface area contributed by atoms with Gasteiger partial charge in [-0.25, -0.2) is 9.97 Å². The van der Waals surface area contributed by atoms with E-state index in [1.807, 2.05) is 19.2 Å². The lowest BCUT2D eigenvalue weighted by Gasteiger charge is -2.30. The SMILES string of the molecule is Cc1cc(C(=O)NCC2CCC(c3nc(C(C)(C)C)ncc3-c3cc(C)no3)CC2)on1. The van der Waals surface area contributed by atoms with E-state index in [1.165, 1.54) is 0 Å². The molecule has 32 heavy (non-hydrogen) atoms. The summed E-state index contributed by atoms with van der Waals surface area (Å²) < 4.78 is 10.6. The average molecular weight is 438 g/mol. The Labute approximate surface area is 188 Å². The van der Waals surface area contributed by atoms with Crippen LogP contribution in [0.5, 0.6) is 0 Å². The van der Waals surface area contributed by atoms with Crippen molar-refractivity contribution in [1.29, 1.82) is 0 Å². The molecule has 1 aliphatic carbocycles. The van der Waals surface area contributed by atoms with Crippen molar-refractivity contribution in [3.8, 4) is 11.3 Å². The van der Waals surface area contributed by atoms with Crippen LogP contribution in [-0.4, -0.2) is 32.7 Å².